The van der Waals surface area contributed by atoms with Crippen LogP contribution in [0.5, 0.6) is 5.75 Å². The first-order valence-corrected chi connectivity index (χ1v) is 7.73. The molecule has 0 saturated carbocycles. The van der Waals surface area contributed by atoms with E-state index in [1.807, 2.05) is 30.3 Å². The second-order valence-electron chi connectivity index (χ2n) is 5.21. The molecule has 5 heteroatoms. The van der Waals surface area contributed by atoms with Gasteiger partial charge in [0.1, 0.15) is 5.75 Å². The van der Waals surface area contributed by atoms with Gasteiger partial charge >= 0.3 is 0 Å². The molecule has 0 spiro atoms. The van der Waals surface area contributed by atoms with Gasteiger partial charge in [-0.1, -0.05) is 29.8 Å². The molecule has 23 heavy (non-hydrogen) atoms. The van der Waals surface area contributed by atoms with Crippen molar-refractivity contribution in [2.24, 2.45) is 0 Å². The number of aromatic nitrogens is 1. The number of hydrogen-bond donors (Lipinski definition) is 2. The van der Waals surface area contributed by atoms with Crippen LogP contribution in [0, 0.1) is 0 Å². The number of hydrogen-bond acceptors (Lipinski definition) is 2. The van der Waals surface area contributed by atoms with Gasteiger partial charge in [0.15, 0.2) is 0 Å². The van der Waals surface area contributed by atoms with Gasteiger partial charge in [0, 0.05) is 28.7 Å². The molecule has 0 aliphatic rings. The highest BCUT2D eigenvalue weighted by molar-refractivity contribution is 6.31. The summed E-state index contributed by atoms with van der Waals surface area (Å²) >= 11 is 6.01. The fraction of sp³-hybridized carbons (Fsp3) is 0.167. The van der Waals surface area contributed by atoms with Crippen molar-refractivity contribution in [1.29, 1.82) is 0 Å². The Bertz CT molecular complexity index is 842. The van der Waals surface area contributed by atoms with Gasteiger partial charge in [-0.2, -0.15) is 0 Å². The van der Waals surface area contributed by atoms with Crippen molar-refractivity contribution in [1.82, 2.24) is 10.3 Å². The lowest BCUT2D eigenvalue weighted by Gasteiger charge is -2.09. The normalized spacial score (nSPS) is 10.7. The average Bonchev–Trinajstić information content (AvgIpc) is 2.98. The summed E-state index contributed by atoms with van der Waals surface area (Å²) in [5, 5.41) is 4.38. The number of benzene rings is 2. The first kappa shape index (κ1) is 15.4. The number of ether oxygens (including phenoxy) is 1. The number of H-pyrrole nitrogens is 1. The Kier molecular flexibility index (Phi) is 4.53. The van der Waals surface area contributed by atoms with E-state index >= 15 is 0 Å². The summed E-state index contributed by atoms with van der Waals surface area (Å²) in [5.41, 5.74) is 2.56. The molecule has 0 radical (unpaired) electrons. The average molecular weight is 329 g/mol. The zero-order chi connectivity index (χ0) is 16.2. The number of halogens is 1. The molecular formula is C18H17ClN2O2. The van der Waals surface area contributed by atoms with Gasteiger partial charge in [0.2, 0.25) is 0 Å². The molecule has 0 aliphatic heterocycles. The Morgan fingerprint density at radius 1 is 1.26 bits per heavy atom. The summed E-state index contributed by atoms with van der Waals surface area (Å²) in [6.07, 6.45) is 2.41. The SMILES string of the molecule is COc1ccccc1CCNC(=O)c1c[nH]c2ccc(Cl)cc12. The van der Waals surface area contributed by atoms with Gasteiger partial charge in [0.05, 0.1) is 12.7 Å². The van der Waals surface area contributed by atoms with Crippen LogP contribution < -0.4 is 10.1 Å². The first-order chi connectivity index (χ1) is 11.2. The molecule has 1 heterocycles. The summed E-state index contributed by atoms with van der Waals surface area (Å²) < 4.78 is 5.31. The predicted octanol–water partition coefficient (Wildman–Crippen LogP) is 3.80. The Balaban J connectivity index is 1.68. The van der Waals surface area contributed by atoms with E-state index in [1.165, 1.54) is 0 Å². The fourth-order valence-electron chi connectivity index (χ4n) is 2.60. The number of para-hydroxylation sites is 1. The fourth-order valence-corrected chi connectivity index (χ4v) is 2.77. The van der Waals surface area contributed by atoms with Gasteiger partial charge < -0.3 is 15.0 Å². The van der Waals surface area contributed by atoms with E-state index in [1.54, 1.807) is 25.4 Å². The zero-order valence-corrected chi connectivity index (χ0v) is 13.5. The number of amides is 1. The number of nitrogens with one attached hydrogen (secondary N) is 2. The number of carbonyl (C=O) groups excluding carboxylic acids is 1. The minimum atomic E-state index is -0.117. The molecule has 118 valence electrons. The molecule has 4 nitrogen and oxygen atoms in total. The third-order valence-electron chi connectivity index (χ3n) is 3.76. The van der Waals surface area contributed by atoms with E-state index in [-0.39, 0.29) is 5.91 Å². The Morgan fingerprint density at radius 3 is 2.91 bits per heavy atom. The van der Waals surface area contributed by atoms with Crippen LogP contribution >= 0.6 is 11.6 Å². The van der Waals surface area contributed by atoms with Gasteiger partial charge in [-0.15, -0.1) is 0 Å². The number of methoxy groups -OCH3 is 1. The summed E-state index contributed by atoms with van der Waals surface area (Å²) in [6, 6.07) is 13.3. The molecule has 0 unspecified atom stereocenters. The van der Waals surface area contributed by atoms with Gasteiger partial charge in [-0.3, -0.25) is 4.79 Å². The predicted molar refractivity (Wildman–Crippen MR) is 92.3 cm³/mol. The molecule has 1 amide bonds. The minimum Gasteiger partial charge on any atom is -0.496 e. The molecule has 0 fully saturated rings. The van der Waals surface area contributed by atoms with Crippen molar-refractivity contribution < 1.29 is 9.53 Å². The number of fused-ring (bicyclic) bond motifs is 1. The number of aromatic amines is 1. The van der Waals surface area contributed by atoms with Crippen LogP contribution in [0.3, 0.4) is 0 Å². The van der Waals surface area contributed by atoms with Crippen molar-refractivity contribution in [2.45, 2.75) is 6.42 Å². The van der Waals surface area contributed by atoms with Crippen LogP contribution in [0.2, 0.25) is 5.02 Å². The third kappa shape index (κ3) is 3.32. The van der Waals surface area contributed by atoms with E-state index < -0.39 is 0 Å². The van der Waals surface area contributed by atoms with Crippen molar-refractivity contribution in [3.63, 3.8) is 0 Å². The molecule has 0 bridgehead atoms. The quantitative estimate of drug-likeness (QED) is 0.748. The van der Waals surface area contributed by atoms with E-state index in [2.05, 4.69) is 10.3 Å². The Labute approximate surface area is 139 Å². The summed E-state index contributed by atoms with van der Waals surface area (Å²) in [4.78, 5) is 15.5. The second-order valence-corrected chi connectivity index (χ2v) is 5.65. The maximum absolute atomic E-state index is 12.4. The van der Waals surface area contributed by atoms with E-state index in [9.17, 15) is 4.79 Å². The largest absolute Gasteiger partial charge is 0.496 e. The van der Waals surface area contributed by atoms with Crippen molar-refractivity contribution in [2.75, 3.05) is 13.7 Å². The molecule has 1 aromatic heterocycles. The maximum Gasteiger partial charge on any atom is 0.253 e. The molecule has 3 rings (SSSR count). The second kappa shape index (κ2) is 6.75. The molecule has 2 N–H and O–H groups in total. The molecule has 0 atom stereocenters. The van der Waals surface area contributed by atoms with Crippen LogP contribution in [-0.2, 0) is 6.42 Å². The highest BCUT2D eigenvalue weighted by Crippen LogP contribution is 2.22. The molecule has 0 saturated heterocycles. The van der Waals surface area contributed by atoms with Gasteiger partial charge in [0.25, 0.3) is 5.91 Å². The lowest BCUT2D eigenvalue weighted by Crippen LogP contribution is -2.25. The number of carbonyl (C=O) groups is 1. The Hall–Kier alpha value is -2.46. The third-order valence-corrected chi connectivity index (χ3v) is 4.00. The Morgan fingerprint density at radius 2 is 2.09 bits per heavy atom. The van der Waals surface area contributed by atoms with Crippen LogP contribution in [0.25, 0.3) is 10.9 Å². The van der Waals surface area contributed by atoms with Crippen LogP contribution in [0.1, 0.15) is 15.9 Å². The first-order valence-electron chi connectivity index (χ1n) is 7.36. The van der Waals surface area contributed by atoms with Crippen molar-refractivity contribution in [3.05, 3.63) is 64.8 Å². The van der Waals surface area contributed by atoms with Crippen molar-refractivity contribution >= 4 is 28.4 Å². The highest BCUT2D eigenvalue weighted by Gasteiger charge is 2.12. The topological polar surface area (TPSA) is 54.1 Å². The zero-order valence-electron chi connectivity index (χ0n) is 12.7. The molecular weight excluding hydrogens is 312 g/mol. The summed E-state index contributed by atoms with van der Waals surface area (Å²) in [7, 11) is 1.65. The standard InChI is InChI=1S/C18H17ClN2O2/c1-23-17-5-3-2-4-12(17)8-9-20-18(22)15-11-21-16-7-6-13(19)10-14(15)16/h2-7,10-11,21H,8-9H2,1H3,(H,20,22). The van der Waals surface area contributed by atoms with E-state index in [0.717, 1.165) is 22.2 Å². The minimum absolute atomic E-state index is 0.117. The lowest BCUT2D eigenvalue weighted by atomic mass is 10.1. The van der Waals surface area contributed by atoms with Gasteiger partial charge in [-0.25, -0.2) is 0 Å². The van der Waals surface area contributed by atoms with E-state index in [4.69, 9.17) is 16.3 Å². The molecule has 2 aromatic carbocycles. The monoisotopic (exact) mass is 328 g/mol. The van der Waals surface area contributed by atoms with Crippen LogP contribution in [-0.4, -0.2) is 24.5 Å². The maximum atomic E-state index is 12.4. The number of rotatable bonds is 5. The molecule has 3 aromatic rings. The molecule has 0 aliphatic carbocycles. The van der Waals surface area contributed by atoms with Crippen LogP contribution in [0.15, 0.2) is 48.7 Å². The van der Waals surface area contributed by atoms with Crippen molar-refractivity contribution in [3.8, 4) is 5.75 Å². The van der Waals surface area contributed by atoms with E-state index in [0.29, 0.717) is 23.6 Å². The summed E-state index contributed by atoms with van der Waals surface area (Å²) in [5.74, 6) is 0.717. The smallest absolute Gasteiger partial charge is 0.253 e. The summed E-state index contributed by atoms with van der Waals surface area (Å²) in [6.45, 7) is 0.534. The van der Waals surface area contributed by atoms with Crippen LogP contribution in [0.4, 0.5) is 0 Å². The lowest BCUT2D eigenvalue weighted by molar-refractivity contribution is 0.0955. The van der Waals surface area contributed by atoms with Gasteiger partial charge in [-0.05, 0) is 36.2 Å². The highest BCUT2D eigenvalue weighted by atomic mass is 35.5.